The molecule has 1 aliphatic carbocycles. The van der Waals surface area contributed by atoms with Gasteiger partial charge in [-0.3, -0.25) is 4.79 Å². The molecule has 0 spiro atoms. The maximum absolute atomic E-state index is 11.8. The average molecular weight is 238 g/mol. The molecule has 1 aromatic rings. The van der Waals surface area contributed by atoms with E-state index in [0.29, 0.717) is 12.5 Å². The first-order chi connectivity index (χ1) is 8.11. The van der Waals surface area contributed by atoms with E-state index < -0.39 is 4.92 Å². The molecule has 1 heterocycles. The van der Waals surface area contributed by atoms with Gasteiger partial charge in [0.25, 0.3) is 5.91 Å². The number of hydrogen-bond acceptors (Lipinski definition) is 4. The molecule has 0 radical (unpaired) electrons. The predicted molar refractivity (Wildman–Crippen MR) is 60.5 cm³/mol. The molecule has 7 heteroatoms. The molecule has 0 bridgehead atoms. The Kier molecular flexibility index (Phi) is 3.10. The Hall–Kier alpha value is -1.89. The lowest BCUT2D eigenvalue weighted by atomic mass is 10.2. The van der Waals surface area contributed by atoms with Crippen LogP contribution < -0.4 is 11.1 Å². The van der Waals surface area contributed by atoms with Crippen molar-refractivity contribution in [3.63, 3.8) is 0 Å². The highest BCUT2D eigenvalue weighted by atomic mass is 16.6. The Morgan fingerprint density at radius 3 is 2.82 bits per heavy atom. The number of aromatic nitrogens is 1. The molecule has 4 N–H and O–H groups in total. The number of nitro groups is 1. The van der Waals surface area contributed by atoms with Crippen molar-refractivity contribution in [3.05, 3.63) is 27.9 Å². The fourth-order valence-corrected chi connectivity index (χ4v) is 1.74. The van der Waals surface area contributed by atoms with Gasteiger partial charge in [-0.15, -0.1) is 0 Å². The molecule has 7 nitrogen and oxygen atoms in total. The largest absolute Gasteiger partial charge is 0.358 e. The van der Waals surface area contributed by atoms with Gasteiger partial charge in [-0.2, -0.15) is 0 Å². The van der Waals surface area contributed by atoms with E-state index in [-0.39, 0.29) is 23.5 Å². The molecule has 2 rings (SSSR count). The summed E-state index contributed by atoms with van der Waals surface area (Å²) >= 11 is 0. The van der Waals surface area contributed by atoms with E-state index in [4.69, 9.17) is 5.73 Å². The second kappa shape index (κ2) is 4.54. The van der Waals surface area contributed by atoms with Crippen molar-refractivity contribution >= 4 is 11.7 Å². The van der Waals surface area contributed by atoms with Gasteiger partial charge < -0.3 is 21.2 Å². The van der Waals surface area contributed by atoms with Crippen molar-refractivity contribution in [3.8, 4) is 0 Å². The third kappa shape index (κ3) is 2.62. The van der Waals surface area contributed by atoms with Gasteiger partial charge in [0.2, 0.25) is 0 Å². The quantitative estimate of drug-likeness (QED) is 0.508. The molecule has 0 saturated heterocycles. The number of amides is 1. The van der Waals surface area contributed by atoms with Crippen LogP contribution in [-0.2, 0) is 0 Å². The Bertz CT molecular complexity index is 439. The van der Waals surface area contributed by atoms with Crippen LogP contribution in [0.1, 0.15) is 23.3 Å². The molecule has 1 unspecified atom stereocenters. The van der Waals surface area contributed by atoms with E-state index in [1.54, 1.807) is 0 Å². The van der Waals surface area contributed by atoms with E-state index in [2.05, 4.69) is 10.3 Å². The maximum atomic E-state index is 11.8. The molecule has 0 aromatic carbocycles. The molecule has 1 saturated carbocycles. The van der Waals surface area contributed by atoms with Gasteiger partial charge in [0, 0.05) is 18.7 Å². The predicted octanol–water partition coefficient (Wildman–Crippen LogP) is 0.390. The van der Waals surface area contributed by atoms with Crippen LogP contribution in [0.2, 0.25) is 0 Å². The number of nitrogens with zero attached hydrogens (tertiary/aromatic N) is 1. The smallest absolute Gasteiger partial charge is 0.321 e. The van der Waals surface area contributed by atoms with E-state index in [0.717, 1.165) is 12.8 Å². The van der Waals surface area contributed by atoms with Gasteiger partial charge in [-0.25, -0.2) is 4.98 Å². The number of nitrogens with one attached hydrogen (secondary N) is 2. The topological polar surface area (TPSA) is 114 Å². The van der Waals surface area contributed by atoms with Crippen LogP contribution in [0.15, 0.2) is 12.1 Å². The normalized spacial score (nSPS) is 16.5. The fraction of sp³-hybridized carbons (Fsp3) is 0.500. The van der Waals surface area contributed by atoms with E-state index in [9.17, 15) is 14.9 Å². The first kappa shape index (κ1) is 11.6. The zero-order valence-electron chi connectivity index (χ0n) is 9.18. The number of nitrogens with two attached hydrogens (primary N) is 1. The summed E-state index contributed by atoms with van der Waals surface area (Å²) < 4.78 is 0. The minimum Gasteiger partial charge on any atom is -0.358 e. The summed E-state index contributed by atoms with van der Waals surface area (Å²) in [6.07, 6.45) is 2.15. The third-order valence-corrected chi connectivity index (χ3v) is 2.87. The number of hydrogen-bond donors (Lipinski definition) is 3. The fourth-order valence-electron chi connectivity index (χ4n) is 1.74. The number of carbonyl (C=O) groups excluding carboxylic acids is 1. The summed E-state index contributed by atoms with van der Waals surface area (Å²) in [6, 6.07) is 2.63. The summed E-state index contributed by atoms with van der Waals surface area (Å²) in [4.78, 5) is 24.1. The molecule has 1 aliphatic rings. The Labute approximate surface area is 97.5 Å². The molecule has 92 valence electrons. The number of aromatic amines is 1. The van der Waals surface area contributed by atoms with E-state index in [1.165, 1.54) is 12.1 Å². The van der Waals surface area contributed by atoms with Crippen LogP contribution in [0.5, 0.6) is 0 Å². The van der Waals surface area contributed by atoms with Gasteiger partial charge in [-0.1, -0.05) is 0 Å². The average Bonchev–Trinajstić information content (AvgIpc) is 3.01. The first-order valence-corrected chi connectivity index (χ1v) is 5.46. The van der Waals surface area contributed by atoms with Gasteiger partial charge in [-0.05, 0) is 29.7 Å². The lowest BCUT2D eigenvalue weighted by Gasteiger charge is -2.14. The SMILES string of the molecule is NCC(NC(=O)c1ccc([N+](=O)[O-])[nH]1)C1CC1. The summed E-state index contributed by atoms with van der Waals surface area (Å²) in [5.74, 6) is -0.0831. The van der Waals surface area contributed by atoms with Gasteiger partial charge in [0.15, 0.2) is 5.69 Å². The Morgan fingerprint density at radius 2 is 2.35 bits per heavy atom. The molecule has 17 heavy (non-hydrogen) atoms. The van der Waals surface area contributed by atoms with Gasteiger partial charge in [0.1, 0.15) is 0 Å². The monoisotopic (exact) mass is 238 g/mol. The second-order valence-corrected chi connectivity index (χ2v) is 4.17. The highest BCUT2D eigenvalue weighted by Gasteiger charge is 2.32. The van der Waals surface area contributed by atoms with Crippen LogP contribution >= 0.6 is 0 Å². The van der Waals surface area contributed by atoms with Crippen molar-refractivity contribution < 1.29 is 9.72 Å². The van der Waals surface area contributed by atoms with Crippen molar-refractivity contribution in [1.82, 2.24) is 10.3 Å². The second-order valence-electron chi connectivity index (χ2n) is 4.17. The first-order valence-electron chi connectivity index (χ1n) is 5.46. The molecule has 1 amide bonds. The molecule has 1 aromatic heterocycles. The van der Waals surface area contributed by atoms with Crippen molar-refractivity contribution in [1.29, 1.82) is 0 Å². The van der Waals surface area contributed by atoms with Crippen molar-refractivity contribution in [2.45, 2.75) is 18.9 Å². The zero-order chi connectivity index (χ0) is 12.4. The highest BCUT2D eigenvalue weighted by Crippen LogP contribution is 2.32. The third-order valence-electron chi connectivity index (χ3n) is 2.87. The number of carbonyl (C=O) groups is 1. The Morgan fingerprint density at radius 1 is 1.65 bits per heavy atom. The summed E-state index contributed by atoms with van der Waals surface area (Å²) in [5.41, 5.74) is 5.75. The van der Waals surface area contributed by atoms with Gasteiger partial charge >= 0.3 is 5.82 Å². The molecular weight excluding hydrogens is 224 g/mol. The minimum absolute atomic E-state index is 0.0372. The van der Waals surface area contributed by atoms with E-state index >= 15 is 0 Å². The maximum Gasteiger partial charge on any atom is 0.321 e. The lowest BCUT2D eigenvalue weighted by molar-refractivity contribution is -0.389. The van der Waals surface area contributed by atoms with Crippen LogP contribution in [-0.4, -0.2) is 28.4 Å². The van der Waals surface area contributed by atoms with Crippen LogP contribution in [0.4, 0.5) is 5.82 Å². The minimum atomic E-state index is -0.571. The zero-order valence-corrected chi connectivity index (χ0v) is 9.18. The lowest BCUT2D eigenvalue weighted by Crippen LogP contribution is -2.41. The van der Waals surface area contributed by atoms with Crippen LogP contribution in [0.25, 0.3) is 0 Å². The molecule has 0 aliphatic heterocycles. The number of rotatable bonds is 5. The Balaban J connectivity index is 2.00. The van der Waals surface area contributed by atoms with E-state index in [1.807, 2.05) is 0 Å². The number of H-pyrrole nitrogens is 1. The summed E-state index contributed by atoms with van der Waals surface area (Å²) in [6.45, 7) is 0.388. The summed E-state index contributed by atoms with van der Waals surface area (Å²) in [7, 11) is 0. The standard InChI is InChI=1S/C10H14N4O3/c11-5-8(6-1-2-6)13-10(15)7-3-4-9(12-7)14(16)17/h3-4,6,8,12H,1-2,5,11H2,(H,13,15). The molecular formula is C10H14N4O3. The van der Waals surface area contributed by atoms with Crippen molar-refractivity contribution in [2.24, 2.45) is 11.7 Å². The summed E-state index contributed by atoms with van der Waals surface area (Å²) in [5, 5.41) is 13.2. The van der Waals surface area contributed by atoms with Crippen LogP contribution in [0, 0.1) is 16.0 Å². The highest BCUT2D eigenvalue weighted by molar-refractivity contribution is 5.93. The van der Waals surface area contributed by atoms with Crippen molar-refractivity contribution in [2.75, 3.05) is 6.54 Å². The molecule has 1 fully saturated rings. The molecule has 1 atom stereocenters. The van der Waals surface area contributed by atoms with Gasteiger partial charge in [0.05, 0.1) is 0 Å². The van der Waals surface area contributed by atoms with Crippen LogP contribution in [0.3, 0.4) is 0 Å².